The molecule has 0 aromatic heterocycles. The van der Waals surface area contributed by atoms with Gasteiger partial charge in [0.2, 0.25) is 6.29 Å². The molecule has 2 rings (SSSR count). The van der Waals surface area contributed by atoms with Crippen LogP contribution in [0, 0.1) is 0 Å². The number of rotatable bonds is 4. The van der Waals surface area contributed by atoms with E-state index in [0.717, 1.165) is 32.6 Å². The molecule has 0 aromatic rings. The smallest absolute Gasteiger partial charge is 0.426 e. The topological polar surface area (TPSA) is 129 Å². The van der Waals surface area contributed by atoms with E-state index in [9.17, 15) is 19.2 Å². The van der Waals surface area contributed by atoms with E-state index in [0.29, 0.717) is 0 Å². The van der Waals surface area contributed by atoms with E-state index in [1.165, 1.54) is 13.8 Å². The lowest BCUT2D eigenvalue weighted by Gasteiger charge is -2.19. The number of fused-ring (bicyclic) bond motifs is 1. The maximum Gasteiger partial charge on any atom is 0.527 e. The zero-order chi connectivity index (χ0) is 18.6. The average molecular weight is 377 g/mol. The standard InChI is InChI=1S/C14H22N2O8P/c1-8(17)21-10(3)22-13(19)14(20)24-25(23-9(2)18)15-11-6-4-5-7-12(11)16-25/h10-12,15-16H,4-7H2,1-3H3/q+1/t10-,11?,12?,25?/m0/s1. The Bertz CT molecular complexity index is 555. The molecule has 2 aliphatic rings. The highest BCUT2D eigenvalue weighted by molar-refractivity contribution is 7.63. The van der Waals surface area contributed by atoms with Crippen LogP contribution in [0.15, 0.2) is 0 Å². The van der Waals surface area contributed by atoms with E-state index in [4.69, 9.17) is 9.05 Å². The normalized spacial score (nSPS) is 29.1. The number of hydrogen-bond acceptors (Lipinski definition) is 10. The second kappa shape index (κ2) is 8.07. The van der Waals surface area contributed by atoms with Gasteiger partial charge in [-0.3, -0.25) is 4.79 Å². The van der Waals surface area contributed by atoms with Gasteiger partial charge < -0.3 is 9.47 Å². The quantitative estimate of drug-likeness (QED) is 0.313. The number of carbonyl (C=O) groups is 4. The van der Waals surface area contributed by atoms with E-state index in [1.807, 2.05) is 0 Å². The lowest BCUT2D eigenvalue weighted by atomic mass is 9.92. The van der Waals surface area contributed by atoms with Crippen LogP contribution in [0.4, 0.5) is 0 Å². The summed E-state index contributed by atoms with van der Waals surface area (Å²) in [6.07, 6.45) is 2.45. The van der Waals surface area contributed by atoms with E-state index in [2.05, 4.69) is 19.6 Å². The molecular weight excluding hydrogens is 355 g/mol. The molecule has 1 heterocycles. The SMILES string of the molecule is CC(=O)O[C@H](C)OC(=O)C(=O)O[P+]1(OC(C)=O)NC2CCCCC2N1. The van der Waals surface area contributed by atoms with Gasteiger partial charge in [-0.25, -0.2) is 23.4 Å². The predicted octanol–water partition coefficient (Wildman–Crippen LogP) is 0.727. The van der Waals surface area contributed by atoms with Gasteiger partial charge in [-0.05, 0) is 12.8 Å². The minimum Gasteiger partial charge on any atom is -0.426 e. The fourth-order valence-electron chi connectivity index (χ4n) is 2.83. The molecule has 2 fully saturated rings. The molecule has 1 saturated heterocycles. The van der Waals surface area contributed by atoms with Crippen molar-refractivity contribution in [2.75, 3.05) is 0 Å². The van der Waals surface area contributed by atoms with Gasteiger partial charge in [-0.2, -0.15) is 0 Å². The molecule has 3 atom stereocenters. The molecule has 2 unspecified atom stereocenters. The summed E-state index contributed by atoms with van der Waals surface area (Å²) in [5, 5.41) is 6.06. The van der Waals surface area contributed by atoms with Crippen LogP contribution in [0.5, 0.6) is 0 Å². The first kappa shape index (κ1) is 19.6. The van der Waals surface area contributed by atoms with Crippen LogP contribution in [-0.4, -0.2) is 42.3 Å². The minimum absolute atomic E-state index is 0.00905. The summed E-state index contributed by atoms with van der Waals surface area (Å²) >= 11 is 0. The van der Waals surface area contributed by atoms with Crippen LogP contribution >= 0.6 is 8.02 Å². The molecular formula is C14H22N2O8P+. The van der Waals surface area contributed by atoms with Crippen molar-refractivity contribution >= 4 is 31.9 Å². The molecule has 10 nitrogen and oxygen atoms in total. The van der Waals surface area contributed by atoms with Gasteiger partial charge >= 0.3 is 31.9 Å². The molecule has 0 radical (unpaired) electrons. The van der Waals surface area contributed by atoms with Crippen LogP contribution in [0.25, 0.3) is 0 Å². The van der Waals surface area contributed by atoms with Crippen LogP contribution in [-0.2, 0) is 37.7 Å². The molecule has 0 aromatic carbocycles. The molecule has 25 heavy (non-hydrogen) atoms. The number of carbonyl (C=O) groups excluding carboxylic acids is 4. The van der Waals surface area contributed by atoms with Gasteiger partial charge in [0, 0.05) is 20.8 Å². The minimum atomic E-state index is -3.30. The van der Waals surface area contributed by atoms with Crippen molar-refractivity contribution in [3.8, 4) is 0 Å². The van der Waals surface area contributed by atoms with Gasteiger partial charge in [-0.1, -0.05) is 12.8 Å². The third kappa shape index (κ3) is 5.35. The molecule has 0 amide bonds. The Morgan fingerprint density at radius 3 is 1.92 bits per heavy atom. The first-order chi connectivity index (χ1) is 11.7. The summed E-state index contributed by atoms with van der Waals surface area (Å²) in [5.41, 5.74) is 0. The van der Waals surface area contributed by atoms with Crippen molar-refractivity contribution in [2.45, 2.75) is 64.8 Å². The Hall–Kier alpha value is -1.77. The van der Waals surface area contributed by atoms with Crippen molar-refractivity contribution in [2.24, 2.45) is 0 Å². The lowest BCUT2D eigenvalue weighted by molar-refractivity contribution is -0.188. The summed E-state index contributed by atoms with van der Waals surface area (Å²) in [6, 6.07) is -0.0181. The monoisotopic (exact) mass is 377 g/mol. The predicted molar refractivity (Wildman–Crippen MR) is 84.4 cm³/mol. The molecule has 140 valence electrons. The van der Waals surface area contributed by atoms with Crippen molar-refractivity contribution in [3.05, 3.63) is 0 Å². The average Bonchev–Trinajstić information content (AvgIpc) is 2.82. The fraction of sp³-hybridized carbons (Fsp3) is 0.714. The largest absolute Gasteiger partial charge is 0.527 e. The highest BCUT2D eigenvalue weighted by Crippen LogP contribution is 2.59. The second-order valence-corrected chi connectivity index (χ2v) is 7.84. The molecule has 1 aliphatic carbocycles. The summed E-state index contributed by atoms with van der Waals surface area (Å²) in [5.74, 6) is -4.01. The van der Waals surface area contributed by atoms with Crippen molar-refractivity contribution in [1.82, 2.24) is 10.2 Å². The summed E-state index contributed by atoms with van der Waals surface area (Å²) in [4.78, 5) is 46.1. The first-order valence-corrected chi connectivity index (χ1v) is 9.60. The fourth-order valence-corrected chi connectivity index (χ4v) is 5.31. The van der Waals surface area contributed by atoms with Crippen LogP contribution in [0.2, 0.25) is 0 Å². The number of hydrogen-bond donors (Lipinski definition) is 2. The maximum atomic E-state index is 12.0. The van der Waals surface area contributed by atoms with Gasteiger partial charge in [0.1, 0.15) is 0 Å². The number of esters is 2. The van der Waals surface area contributed by atoms with Crippen LogP contribution in [0.3, 0.4) is 0 Å². The van der Waals surface area contributed by atoms with Gasteiger partial charge in [-0.15, -0.1) is 10.2 Å². The molecule has 2 N–H and O–H groups in total. The van der Waals surface area contributed by atoms with Gasteiger partial charge in [0.05, 0.1) is 12.1 Å². The van der Waals surface area contributed by atoms with E-state index in [1.54, 1.807) is 0 Å². The molecule has 1 saturated carbocycles. The van der Waals surface area contributed by atoms with Crippen LogP contribution < -0.4 is 10.2 Å². The number of ether oxygens (including phenoxy) is 2. The van der Waals surface area contributed by atoms with Crippen molar-refractivity contribution in [3.63, 3.8) is 0 Å². The van der Waals surface area contributed by atoms with E-state index >= 15 is 0 Å². The molecule has 0 spiro atoms. The highest BCUT2D eigenvalue weighted by atomic mass is 31.2. The zero-order valence-electron chi connectivity index (χ0n) is 14.3. The number of nitrogens with one attached hydrogen (secondary N) is 2. The third-order valence-corrected chi connectivity index (χ3v) is 5.96. The Morgan fingerprint density at radius 1 is 0.880 bits per heavy atom. The highest BCUT2D eigenvalue weighted by Gasteiger charge is 2.61. The summed E-state index contributed by atoms with van der Waals surface area (Å²) in [7, 11) is -3.30. The molecule has 0 bridgehead atoms. The van der Waals surface area contributed by atoms with Crippen molar-refractivity contribution < 1.29 is 37.7 Å². The Balaban J connectivity index is 2.01. The van der Waals surface area contributed by atoms with Gasteiger partial charge in [0.15, 0.2) is 0 Å². The van der Waals surface area contributed by atoms with Gasteiger partial charge in [0.25, 0.3) is 0 Å². The van der Waals surface area contributed by atoms with Crippen LogP contribution in [0.1, 0.15) is 46.5 Å². The Labute approximate surface area is 145 Å². The zero-order valence-corrected chi connectivity index (χ0v) is 15.2. The molecule has 1 aliphatic heterocycles. The van der Waals surface area contributed by atoms with E-state index in [-0.39, 0.29) is 12.1 Å². The van der Waals surface area contributed by atoms with E-state index < -0.39 is 38.2 Å². The lowest BCUT2D eigenvalue weighted by Crippen LogP contribution is -2.36. The Kier molecular flexibility index (Phi) is 6.31. The van der Waals surface area contributed by atoms with Crippen molar-refractivity contribution in [1.29, 1.82) is 0 Å². The summed E-state index contributed by atoms with van der Waals surface area (Å²) in [6.45, 7) is 3.60. The Morgan fingerprint density at radius 2 is 1.44 bits per heavy atom. The maximum absolute atomic E-state index is 12.0. The summed E-state index contributed by atoms with van der Waals surface area (Å²) < 4.78 is 19.6. The molecule has 11 heteroatoms. The second-order valence-electron chi connectivity index (χ2n) is 5.85. The first-order valence-electron chi connectivity index (χ1n) is 7.97. The third-order valence-electron chi connectivity index (χ3n) is 3.68.